The summed E-state index contributed by atoms with van der Waals surface area (Å²) in [6, 6.07) is 5.72. The van der Waals surface area contributed by atoms with Gasteiger partial charge < -0.3 is 10.6 Å². The van der Waals surface area contributed by atoms with Crippen LogP contribution < -0.4 is 10.6 Å². The molecule has 8 nitrogen and oxygen atoms in total. The van der Waals surface area contributed by atoms with E-state index in [-0.39, 0.29) is 36.1 Å². The van der Waals surface area contributed by atoms with Crippen LogP contribution in [0.4, 0.5) is 11.4 Å². The maximum atomic E-state index is 12.1. The van der Waals surface area contributed by atoms with Crippen molar-refractivity contribution in [1.82, 2.24) is 10.2 Å². The molecule has 2 N–H and O–H groups in total. The summed E-state index contributed by atoms with van der Waals surface area (Å²) in [5.41, 5.74) is -0.0732. The molecule has 0 aliphatic rings. The van der Waals surface area contributed by atoms with Gasteiger partial charge in [0, 0.05) is 23.4 Å². The molecule has 1 aromatic carbocycles. The van der Waals surface area contributed by atoms with E-state index in [9.17, 15) is 19.7 Å². The van der Waals surface area contributed by atoms with Crippen LogP contribution in [0.2, 0.25) is 0 Å². The lowest BCUT2D eigenvalue weighted by atomic mass is 10.1. The molecule has 132 valence electrons. The highest BCUT2D eigenvalue weighted by Gasteiger charge is 2.18. The zero-order chi connectivity index (χ0) is 18.3. The van der Waals surface area contributed by atoms with E-state index in [1.54, 1.807) is 11.0 Å². The zero-order valence-corrected chi connectivity index (χ0v) is 14.5. The van der Waals surface area contributed by atoms with Crippen LogP contribution in [0.15, 0.2) is 24.3 Å². The van der Waals surface area contributed by atoms with E-state index in [4.69, 9.17) is 0 Å². The van der Waals surface area contributed by atoms with Crippen molar-refractivity contribution in [3.05, 3.63) is 34.4 Å². The Bertz CT molecular complexity index is 610. The highest BCUT2D eigenvalue weighted by molar-refractivity contribution is 5.93. The topological polar surface area (TPSA) is 105 Å². The molecule has 0 saturated heterocycles. The molecule has 0 bridgehead atoms. The van der Waals surface area contributed by atoms with Gasteiger partial charge >= 0.3 is 0 Å². The van der Waals surface area contributed by atoms with Gasteiger partial charge in [-0.15, -0.1) is 0 Å². The number of carbonyl (C=O) groups is 2. The van der Waals surface area contributed by atoms with E-state index < -0.39 is 4.92 Å². The highest BCUT2D eigenvalue weighted by atomic mass is 16.6. The van der Waals surface area contributed by atoms with Crippen LogP contribution in [0.5, 0.6) is 0 Å². The third-order valence-corrected chi connectivity index (χ3v) is 3.04. The van der Waals surface area contributed by atoms with Gasteiger partial charge in [-0.3, -0.25) is 24.6 Å². The molecule has 2 amide bonds. The van der Waals surface area contributed by atoms with E-state index in [1.807, 2.05) is 27.7 Å². The predicted octanol–water partition coefficient (Wildman–Crippen LogP) is 1.77. The van der Waals surface area contributed by atoms with Crippen molar-refractivity contribution in [1.29, 1.82) is 0 Å². The highest BCUT2D eigenvalue weighted by Crippen LogP contribution is 2.16. The quantitative estimate of drug-likeness (QED) is 0.583. The summed E-state index contributed by atoms with van der Waals surface area (Å²) in [5, 5.41) is 16.2. The van der Waals surface area contributed by atoms with Crippen LogP contribution in [0, 0.1) is 10.1 Å². The van der Waals surface area contributed by atoms with E-state index in [1.165, 1.54) is 18.2 Å². The van der Waals surface area contributed by atoms with Crippen molar-refractivity contribution in [2.75, 3.05) is 25.0 Å². The number of anilines is 1. The van der Waals surface area contributed by atoms with Gasteiger partial charge in [-0.05, 0) is 33.4 Å². The van der Waals surface area contributed by atoms with Gasteiger partial charge in [0.1, 0.15) is 0 Å². The van der Waals surface area contributed by atoms with Crippen molar-refractivity contribution in [2.45, 2.75) is 33.2 Å². The van der Waals surface area contributed by atoms with Crippen LogP contribution in [-0.2, 0) is 9.59 Å². The fourth-order valence-corrected chi connectivity index (χ4v) is 2.04. The molecule has 1 aromatic rings. The van der Waals surface area contributed by atoms with Gasteiger partial charge in [-0.2, -0.15) is 0 Å². The van der Waals surface area contributed by atoms with Gasteiger partial charge in [0.15, 0.2) is 0 Å². The van der Waals surface area contributed by atoms with Gasteiger partial charge in [-0.1, -0.05) is 13.0 Å². The number of non-ortho nitro benzene ring substituents is 1. The number of nitrogens with one attached hydrogen (secondary N) is 2. The Balaban J connectivity index is 2.60. The molecule has 0 unspecified atom stereocenters. The average Bonchev–Trinajstić information content (AvgIpc) is 2.44. The third kappa shape index (κ3) is 7.19. The normalized spacial score (nSPS) is 11.2. The Kier molecular flexibility index (Phi) is 6.84. The summed E-state index contributed by atoms with van der Waals surface area (Å²) in [7, 11) is 0. The lowest BCUT2D eigenvalue weighted by Gasteiger charge is -2.24. The molecule has 0 saturated carbocycles. The number of nitro groups is 1. The summed E-state index contributed by atoms with van der Waals surface area (Å²) in [4.78, 5) is 35.9. The number of nitro benzene ring substituents is 1. The second kappa shape index (κ2) is 8.39. The molecule has 24 heavy (non-hydrogen) atoms. The largest absolute Gasteiger partial charge is 0.350 e. The smallest absolute Gasteiger partial charge is 0.271 e. The predicted molar refractivity (Wildman–Crippen MR) is 91.7 cm³/mol. The first-order chi connectivity index (χ1) is 11.1. The van der Waals surface area contributed by atoms with Gasteiger partial charge in [0.05, 0.1) is 18.0 Å². The maximum Gasteiger partial charge on any atom is 0.271 e. The molecule has 0 aliphatic carbocycles. The van der Waals surface area contributed by atoms with Crippen molar-refractivity contribution in [2.24, 2.45) is 0 Å². The van der Waals surface area contributed by atoms with E-state index in [0.29, 0.717) is 12.2 Å². The maximum absolute atomic E-state index is 12.1. The first-order valence-electron chi connectivity index (χ1n) is 7.68. The first kappa shape index (κ1) is 19.6. The molecular formula is C16H24N4O4. The van der Waals surface area contributed by atoms with Crippen LogP contribution in [-0.4, -0.2) is 46.8 Å². The van der Waals surface area contributed by atoms with E-state index >= 15 is 0 Å². The number of hydrogen-bond acceptors (Lipinski definition) is 5. The molecule has 0 aliphatic heterocycles. The lowest BCUT2D eigenvalue weighted by molar-refractivity contribution is -0.384. The van der Waals surface area contributed by atoms with Crippen LogP contribution in [0.1, 0.15) is 27.7 Å². The SMILES string of the molecule is CCN(CC(=O)Nc1cccc([N+](=O)[O-])c1)CC(=O)NC(C)(C)C. The van der Waals surface area contributed by atoms with E-state index in [2.05, 4.69) is 10.6 Å². The standard InChI is InChI=1S/C16H24N4O4/c1-5-19(11-15(22)18-16(2,3)4)10-14(21)17-12-7-6-8-13(9-12)20(23)24/h6-9H,5,10-11H2,1-4H3,(H,17,21)(H,18,22). The number of benzene rings is 1. The second-order valence-corrected chi connectivity index (χ2v) is 6.46. The van der Waals surface area contributed by atoms with E-state index in [0.717, 1.165) is 0 Å². The minimum absolute atomic E-state index is 0.0246. The fourth-order valence-electron chi connectivity index (χ4n) is 2.04. The van der Waals surface area contributed by atoms with Crippen molar-refractivity contribution >= 4 is 23.2 Å². The number of amides is 2. The second-order valence-electron chi connectivity index (χ2n) is 6.46. The zero-order valence-electron chi connectivity index (χ0n) is 14.5. The molecule has 0 fully saturated rings. The Morgan fingerprint density at radius 1 is 1.21 bits per heavy atom. The Morgan fingerprint density at radius 2 is 1.83 bits per heavy atom. The van der Waals surface area contributed by atoms with Gasteiger partial charge in [-0.25, -0.2) is 0 Å². The molecule has 0 heterocycles. The van der Waals surface area contributed by atoms with Crippen LogP contribution in [0.25, 0.3) is 0 Å². The van der Waals surface area contributed by atoms with Gasteiger partial charge in [0.25, 0.3) is 5.69 Å². The molecule has 0 aromatic heterocycles. The summed E-state index contributed by atoms with van der Waals surface area (Å²) < 4.78 is 0. The number of rotatable bonds is 7. The third-order valence-electron chi connectivity index (χ3n) is 3.04. The Labute approximate surface area is 141 Å². The van der Waals surface area contributed by atoms with Gasteiger partial charge in [0.2, 0.25) is 11.8 Å². The monoisotopic (exact) mass is 336 g/mol. The molecule has 0 radical (unpaired) electrons. The number of hydrogen-bond donors (Lipinski definition) is 2. The molecule has 8 heteroatoms. The van der Waals surface area contributed by atoms with Crippen molar-refractivity contribution in [3.8, 4) is 0 Å². The summed E-state index contributed by atoms with van der Waals surface area (Å²) >= 11 is 0. The minimum atomic E-state index is -0.523. The number of likely N-dealkylation sites (N-methyl/N-ethyl adjacent to an activating group) is 1. The van der Waals surface area contributed by atoms with Crippen LogP contribution in [0.3, 0.4) is 0 Å². The van der Waals surface area contributed by atoms with Crippen molar-refractivity contribution in [3.63, 3.8) is 0 Å². The van der Waals surface area contributed by atoms with Crippen LogP contribution >= 0.6 is 0 Å². The number of carbonyl (C=O) groups excluding carboxylic acids is 2. The fraction of sp³-hybridized carbons (Fsp3) is 0.500. The summed E-state index contributed by atoms with van der Waals surface area (Å²) in [6.07, 6.45) is 0. The molecule has 1 rings (SSSR count). The Morgan fingerprint density at radius 3 is 2.38 bits per heavy atom. The molecule has 0 atom stereocenters. The first-order valence-corrected chi connectivity index (χ1v) is 7.68. The Hall–Kier alpha value is -2.48. The lowest BCUT2D eigenvalue weighted by Crippen LogP contribution is -2.47. The number of nitrogens with zero attached hydrogens (tertiary/aromatic N) is 2. The van der Waals surface area contributed by atoms with Crippen molar-refractivity contribution < 1.29 is 14.5 Å². The summed E-state index contributed by atoms with van der Waals surface area (Å²) in [6.45, 7) is 8.17. The molecular weight excluding hydrogens is 312 g/mol. The summed E-state index contributed by atoms with van der Waals surface area (Å²) in [5.74, 6) is -0.492. The molecule has 0 spiro atoms. The average molecular weight is 336 g/mol. The minimum Gasteiger partial charge on any atom is -0.350 e.